The van der Waals surface area contributed by atoms with Crippen molar-refractivity contribution in [2.24, 2.45) is 0 Å². The number of pyridine rings is 1. The predicted octanol–water partition coefficient (Wildman–Crippen LogP) is 4.07. The highest BCUT2D eigenvalue weighted by Gasteiger charge is 2.12. The van der Waals surface area contributed by atoms with Crippen molar-refractivity contribution in [1.82, 2.24) is 4.98 Å². The zero-order valence-electron chi connectivity index (χ0n) is 15.8. The molecule has 0 atom stereocenters. The van der Waals surface area contributed by atoms with Gasteiger partial charge in [-0.1, -0.05) is 36.4 Å². The SMILES string of the molecule is COc1cc(/C=C/C(=O)OCc2ccccc2)ccc1OC(=O)c1cccnc1. The summed E-state index contributed by atoms with van der Waals surface area (Å²) in [6.45, 7) is 0.205. The zero-order valence-corrected chi connectivity index (χ0v) is 15.8. The second-order valence-electron chi connectivity index (χ2n) is 5.97. The molecule has 0 aliphatic carbocycles. The lowest BCUT2D eigenvalue weighted by molar-refractivity contribution is -0.138. The van der Waals surface area contributed by atoms with Crippen LogP contribution in [0.3, 0.4) is 0 Å². The molecule has 2 aromatic carbocycles. The Morgan fingerprint density at radius 1 is 1.00 bits per heavy atom. The van der Waals surface area contributed by atoms with Gasteiger partial charge in [0, 0.05) is 18.5 Å². The van der Waals surface area contributed by atoms with Gasteiger partial charge in [0.05, 0.1) is 12.7 Å². The van der Waals surface area contributed by atoms with E-state index in [-0.39, 0.29) is 12.4 Å². The lowest BCUT2D eigenvalue weighted by Crippen LogP contribution is -2.09. The smallest absolute Gasteiger partial charge is 0.345 e. The third-order valence-electron chi connectivity index (χ3n) is 3.92. The van der Waals surface area contributed by atoms with Crippen LogP contribution < -0.4 is 9.47 Å². The van der Waals surface area contributed by atoms with Crippen molar-refractivity contribution in [2.75, 3.05) is 7.11 Å². The minimum absolute atomic E-state index is 0.205. The van der Waals surface area contributed by atoms with Gasteiger partial charge < -0.3 is 14.2 Å². The van der Waals surface area contributed by atoms with Crippen LogP contribution in [0.1, 0.15) is 21.5 Å². The molecule has 0 aliphatic rings. The highest BCUT2D eigenvalue weighted by atomic mass is 16.6. The molecule has 0 amide bonds. The molecule has 6 nitrogen and oxygen atoms in total. The number of hydrogen-bond donors (Lipinski definition) is 0. The van der Waals surface area contributed by atoms with E-state index < -0.39 is 11.9 Å². The number of ether oxygens (including phenoxy) is 3. The van der Waals surface area contributed by atoms with Crippen LogP contribution in [-0.2, 0) is 16.1 Å². The van der Waals surface area contributed by atoms with Crippen molar-refractivity contribution in [3.8, 4) is 11.5 Å². The van der Waals surface area contributed by atoms with Crippen molar-refractivity contribution in [3.63, 3.8) is 0 Å². The quantitative estimate of drug-likeness (QED) is 0.345. The average Bonchev–Trinajstić information content (AvgIpc) is 2.78. The van der Waals surface area contributed by atoms with Crippen LogP contribution in [0.15, 0.2) is 79.1 Å². The molecule has 3 rings (SSSR count). The number of methoxy groups -OCH3 is 1. The highest BCUT2D eigenvalue weighted by molar-refractivity contribution is 5.91. The molecule has 3 aromatic rings. The van der Waals surface area contributed by atoms with Crippen LogP contribution in [0.2, 0.25) is 0 Å². The summed E-state index contributed by atoms with van der Waals surface area (Å²) in [5.41, 5.74) is 1.94. The molecule has 0 radical (unpaired) electrons. The maximum absolute atomic E-state index is 12.2. The molecule has 0 saturated heterocycles. The van der Waals surface area contributed by atoms with Gasteiger partial charge in [-0.25, -0.2) is 9.59 Å². The second kappa shape index (κ2) is 9.85. The van der Waals surface area contributed by atoms with E-state index in [1.165, 1.54) is 19.4 Å². The molecular weight excluding hydrogens is 370 g/mol. The Morgan fingerprint density at radius 3 is 2.55 bits per heavy atom. The van der Waals surface area contributed by atoms with Crippen LogP contribution >= 0.6 is 0 Å². The first-order chi connectivity index (χ1) is 14.2. The Hall–Kier alpha value is -3.93. The number of carbonyl (C=O) groups is 2. The van der Waals surface area contributed by atoms with Gasteiger partial charge in [-0.2, -0.15) is 0 Å². The van der Waals surface area contributed by atoms with Crippen molar-refractivity contribution < 1.29 is 23.8 Å². The van der Waals surface area contributed by atoms with Gasteiger partial charge in [-0.3, -0.25) is 4.98 Å². The average molecular weight is 389 g/mol. The second-order valence-corrected chi connectivity index (χ2v) is 5.97. The summed E-state index contributed by atoms with van der Waals surface area (Å²) in [7, 11) is 1.47. The van der Waals surface area contributed by atoms with Crippen LogP contribution in [0, 0.1) is 0 Å². The van der Waals surface area contributed by atoms with Gasteiger partial charge in [0.15, 0.2) is 11.5 Å². The van der Waals surface area contributed by atoms with E-state index in [1.807, 2.05) is 30.3 Å². The Balaban J connectivity index is 1.62. The summed E-state index contributed by atoms with van der Waals surface area (Å²) in [4.78, 5) is 28.0. The van der Waals surface area contributed by atoms with Crippen molar-refractivity contribution in [1.29, 1.82) is 0 Å². The summed E-state index contributed by atoms with van der Waals surface area (Å²) in [5, 5.41) is 0. The minimum Gasteiger partial charge on any atom is -0.493 e. The minimum atomic E-state index is -0.538. The maximum atomic E-state index is 12.2. The van der Waals surface area contributed by atoms with E-state index >= 15 is 0 Å². The van der Waals surface area contributed by atoms with Crippen molar-refractivity contribution in [2.45, 2.75) is 6.61 Å². The predicted molar refractivity (Wildman–Crippen MR) is 107 cm³/mol. The Bertz CT molecular complexity index is 1000. The van der Waals surface area contributed by atoms with Gasteiger partial charge in [-0.05, 0) is 41.5 Å². The number of hydrogen-bond acceptors (Lipinski definition) is 6. The fraction of sp³-hybridized carbons (Fsp3) is 0.0870. The van der Waals surface area contributed by atoms with Gasteiger partial charge >= 0.3 is 11.9 Å². The maximum Gasteiger partial charge on any atom is 0.345 e. The first-order valence-electron chi connectivity index (χ1n) is 8.85. The van der Waals surface area contributed by atoms with E-state index in [9.17, 15) is 9.59 Å². The molecule has 0 fully saturated rings. The summed E-state index contributed by atoms with van der Waals surface area (Å²) < 4.78 is 15.9. The molecule has 0 bridgehead atoms. The molecule has 0 aliphatic heterocycles. The van der Waals surface area contributed by atoms with Crippen LogP contribution in [0.25, 0.3) is 6.08 Å². The number of benzene rings is 2. The molecule has 146 valence electrons. The van der Waals surface area contributed by atoms with Gasteiger partial charge in [0.2, 0.25) is 0 Å². The summed E-state index contributed by atoms with van der Waals surface area (Å²) >= 11 is 0. The van der Waals surface area contributed by atoms with Gasteiger partial charge in [0.1, 0.15) is 6.61 Å². The number of carbonyl (C=O) groups excluding carboxylic acids is 2. The summed E-state index contributed by atoms with van der Waals surface area (Å²) in [5.74, 6) is -0.365. The monoisotopic (exact) mass is 389 g/mol. The number of rotatable bonds is 7. The Morgan fingerprint density at radius 2 is 1.83 bits per heavy atom. The molecule has 0 unspecified atom stereocenters. The van der Waals surface area contributed by atoms with E-state index in [1.54, 1.807) is 42.6 Å². The van der Waals surface area contributed by atoms with Crippen LogP contribution in [0.4, 0.5) is 0 Å². The Labute approximate surface area is 168 Å². The van der Waals surface area contributed by atoms with Crippen molar-refractivity contribution >= 4 is 18.0 Å². The third-order valence-corrected chi connectivity index (χ3v) is 3.92. The molecule has 0 spiro atoms. The standard InChI is InChI=1S/C23H19NO5/c1-27-21-14-17(10-12-22(25)28-16-18-6-3-2-4-7-18)9-11-20(21)29-23(26)19-8-5-13-24-15-19/h2-15H,16H2,1H3/b12-10+. The summed E-state index contributed by atoms with van der Waals surface area (Å²) in [6.07, 6.45) is 5.93. The van der Waals surface area contributed by atoms with E-state index in [2.05, 4.69) is 4.98 Å². The molecule has 1 heterocycles. The van der Waals surface area contributed by atoms with E-state index in [0.717, 1.165) is 5.56 Å². The molecule has 0 N–H and O–H groups in total. The lowest BCUT2D eigenvalue weighted by Gasteiger charge is -2.10. The third kappa shape index (κ3) is 5.77. The van der Waals surface area contributed by atoms with Crippen LogP contribution in [-0.4, -0.2) is 24.0 Å². The molecule has 0 saturated carbocycles. The normalized spacial score (nSPS) is 10.5. The molecular formula is C23H19NO5. The Kier molecular flexibility index (Phi) is 6.73. The number of nitrogens with zero attached hydrogens (tertiary/aromatic N) is 1. The van der Waals surface area contributed by atoms with Crippen LogP contribution in [0.5, 0.6) is 11.5 Å². The summed E-state index contributed by atoms with van der Waals surface area (Å²) in [6, 6.07) is 17.7. The fourth-order valence-corrected chi connectivity index (χ4v) is 2.46. The van der Waals surface area contributed by atoms with E-state index in [0.29, 0.717) is 16.9 Å². The molecule has 1 aromatic heterocycles. The molecule has 29 heavy (non-hydrogen) atoms. The first-order valence-corrected chi connectivity index (χ1v) is 8.85. The van der Waals surface area contributed by atoms with Crippen molar-refractivity contribution in [3.05, 3.63) is 95.8 Å². The number of esters is 2. The largest absolute Gasteiger partial charge is 0.493 e. The van der Waals surface area contributed by atoms with Gasteiger partial charge in [0.25, 0.3) is 0 Å². The highest BCUT2D eigenvalue weighted by Crippen LogP contribution is 2.29. The lowest BCUT2D eigenvalue weighted by atomic mass is 10.2. The molecule has 6 heteroatoms. The zero-order chi connectivity index (χ0) is 20.5. The number of aromatic nitrogens is 1. The topological polar surface area (TPSA) is 74.7 Å². The van der Waals surface area contributed by atoms with E-state index in [4.69, 9.17) is 14.2 Å². The fourth-order valence-electron chi connectivity index (χ4n) is 2.46. The van der Waals surface area contributed by atoms with Gasteiger partial charge in [-0.15, -0.1) is 0 Å². The first kappa shape index (κ1) is 19.8.